The van der Waals surface area contributed by atoms with E-state index in [0.29, 0.717) is 31.7 Å². The number of carbonyl (C=O) groups is 2. The molecular weight excluding hydrogens is 308 g/mol. The van der Waals surface area contributed by atoms with E-state index in [1.165, 1.54) is 0 Å². The van der Waals surface area contributed by atoms with E-state index >= 15 is 0 Å². The molecule has 1 aliphatic heterocycles. The molecule has 7 heteroatoms. The Morgan fingerprint density at radius 1 is 1.38 bits per heavy atom. The summed E-state index contributed by atoms with van der Waals surface area (Å²) in [6.45, 7) is 0.459. The van der Waals surface area contributed by atoms with Crippen LogP contribution in [-0.2, 0) is 23.1 Å². The van der Waals surface area contributed by atoms with E-state index < -0.39 is 0 Å². The predicted octanol–water partition coefficient (Wildman–Crippen LogP) is 2.10. The zero-order chi connectivity index (χ0) is 16.9. The van der Waals surface area contributed by atoms with Crippen molar-refractivity contribution < 1.29 is 14.3 Å². The molecule has 0 unspecified atom stereocenters. The highest BCUT2D eigenvalue weighted by Crippen LogP contribution is 2.26. The molecule has 2 heterocycles. The molecule has 0 saturated heterocycles. The maximum atomic E-state index is 11.8. The van der Waals surface area contributed by atoms with E-state index in [0.717, 1.165) is 23.4 Å². The van der Waals surface area contributed by atoms with E-state index in [1.54, 1.807) is 24.0 Å². The zero-order valence-corrected chi connectivity index (χ0v) is 13.5. The first-order valence-corrected chi connectivity index (χ1v) is 7.95. The van der Waals surface area contributed by atoms with Crippen molar-refractivity contribution in [3.8, 4) is 5.75 Å². The average molecular weight is 328 g/mol. The van der Waals surface area contributed by atoms with Gasteiger partial charge in [-0.05, 0) is 36.6 Å². The normalized spacial score (nSPS) is 13.1. The van der Waals surface area contributed by atoms with Gasteiger partial charge in [0.25, 0.3) is 0 Å². The molecule has 0 radical (unpaired) electrons. The molecular formula is C17H20N4O3. The van der Waals surface area contributed by atoms with Crippen molar-refractivity contribution in [2.45, 2.75) is 25.7 Å². The number of aromatic nitrogens is 2. The van der Waals surface area contributed by atoms with Crippen LogP contribution in [0.25, 0.3) is 0 Å². The Bertz CT molecular complexity index is 754. The number of fused-ring (bicyclic) bond motifs is 1. The van der Waals surface area contributed by atoms with Crippen LogP contribution >= 0.6 is 0 Å². The number of nitrogens with one attached hydrogen (secondary N) is 2. The summed E-state index contributed by atoms with van der Waals surface area (Å²) < 4.78 is 7.33. The van der Waals surface area contributed by atoms with Crippen molar-refractivity contribution in [1.82, 2.24) is 9.78 Å². The number of anilines is 2. The van der Waals surface area contributed by atoms with Gasteiger partial charge in [0.05, 0.1) is 6.61 Å². The summed E-state index contributed by atoms with van der Waals surface area (Å²) in [5.41, 5.74) is 1.94. The van der Waals surface area contributed by atoms with Gasteiger partial charge in [0, 0.05) is 37.8 Å². The lowest BCUT2D eigenvalue weighted by Gasteiger charge is -2.17. The van der Waals surface area contributed by atoms with Gasteiger partial charge in [-0.25, -0.2) is 0 Å². The molecule has 24 heavy (non-hydrogen) atoms. The van der Waals surface area contributed by atoms with Crippen LogP contribution in [0.4, 0.5) is 11.5 Å². The lowest BCUT2D eigenvalue weighted by atomic mass is 10.0. The second kappa shape index (κ2) is 7.16. The van der Waals surface area contributed by atoms with E-state index in [4.69, 9.17) is 4.74 Å². The molecule has 0 atom stereocenters. The highest BCUT2D eigenvalue weighted by molar-refractivity contribution is 5.94. The molecule has 1 aromatic heterocycles. The quantitative estimate of drug-likeness (QED) is 0.795. The largest absolute Gasteiger partial charge is 0.494 e. The third-order valence-corrected chi connectivity index (χ3v) is 3.77. The maximum Gasteiger partial charge on any atom is 0.225 e. The molecule has 1 aliphatic rings. The Balaban J connectivity index is 1.42. The maximum absolute atomic E-state index is 11.8. The second-order valence-corrected chi connectivity index (χ2v) is 5.74. The van der Waals surface area contributed by atoms with Crippen molar-refractivity contribution in [2.24, 2.45) is 7.05 Å². The number of ether oxygens (including phenoxy) is 1. The first-order chi connectivity index (χ1) is 11.6. The Morgan fingerprint density at radius 2 is 2.25 bits per heavy atom. The third kappa shape index (κ3) is 4.13. The molecule has 2 amide bonds. The number of aryl methyl sites for hydroxylation is 2. The molecule has 7 nitrogen and oxygen atoms in total. The molecule has 2 N–H and O–H groups in total. The summed E-state index contributed by atoms with van der Waals surface area (Å²) in [6, 6.07) is 7.39. The lowest BCUT2D eigenvalue weighted by molar-refractivity contribution is -0.117. The van der Waals surface area contributed by atoms with Crippen LogP contribution in [0.2, 0.25) is 0 Å². The number of amides is 2. The monoisotopic (exact) mass is 328 g/mol. The van der Waals surface area contributed by atoms with Crippen LogP contribution in [-0.4, -0.2) is 28.2 Å². The van der Waals surface area contributed by atoms with Crippen molar-refractivity contribution >= 4 is 23.3 Å². The highest BCUT2D eigenvalue weighted by Gasteiger charge is 2.15. The van der Waals surface area contributed by atoms with Crippen molar-refractivity contribution in [3.05, 3.63) is 36.0 Å². The lowest BCUT2D eigenvalue weighted by Crippen LogP contribution is -2.18. The Labute approximate surface area is 140 Å². The first kappa shape index (κ1) is 16.0. The second-order valence-electron chi connectivity index (χ2n) is 5.74. The van der Waals surface area contributed by atoms with Gasteiger partial charge in [-0.2, -0.15) is 5.10 Å². The fraction of sp³-hybridized carbons (Fsp3) is 0.353. The summed E-state index contributed by atoms with van der Waals surface area (Å²) in [5, 5.41) is 9.68. The topological polar surface area (TPSA) is 85.2 Å². The molecule has 0 aliphatic carbocycles. The Kier molecular flexibility index (Phi) is 4.79. The molecule has 0 spiro atoms. The molecule has 1 aromatic carbocycles. The summed E-state index contributed by atoms with van der Waals surface area (Å²) in [6.07, 6.45) is 4.00. The van der Waals surface area contributed by atoms with Gasteiger partial charge in [0.15, 0.2) is 5.82 Å². The SMILES string of the molecule is Cn1ccc(NC(=O)CCCOc2ccc3c(c2)CCC(=O)N3)n1. The predicted molar refractivity (Wildman–Crippen MR) is 90.0 cm³/mol. The van der Waals surface area contributed by atoms with Crippen molar-refractivity contribution in [2.75, 3.05) is 17.2 Å². The summed E-state index contributed by atoms with van der Waals surface area (Å²) in [7, 11) is 1.80. The molecule has 3 rings (SSSR count). The van der Waals surface area contributed by atoms with Crippen molar-refractivity contribution in [1.29, 1.82) is 0 Å². The molecule has 0 saturated carbocycles. The van der Waals surface area contributed by atoms with Crippen LogP contribution in [0.5, 0.6) is 5.75 Å². The molecule has 2 aromatic rings. The number of hydrogen-bond acceptors (Lipinski definition) is 4. The van der Waals surface area contributed by atoms with Gasteiger partial charge >= 0.3 is 0 Å². The summed E-state index contributed by atoms with van der Waals surface area (Å²) >= 11 is 0. The summed E-state index contributed by atoms with van der Waals surface area (Å²) in [5.74, 6) is 1.29. The van der Waals surface area contributed by atoms with Crippen molar-refractivity contribution in [3.63, 3.8) is 0 Å². The number of benzene rings is 1. The van der Waals surface area contributed by atoms with Crippen LogP contribution in [0.3, 0.4) is 0 Å². The zero-order valence-electron chi connectivity index (χ0n) is 13.5. The number of carbonyl (C=O) groups excluding carboxylic acids is 2. The van der Waals surface area contributed by atoms with E-state index in [2.05, 4.69) is 15.7 Å². The fourth-order valence-electron chi connectivity index (χ4n) is 2.56. The van der Waals surface area contributed by atoms with Gasteiger partial charge < -0.3 is 15.4 Å². The van der Waals surface area contributed by atoms with Gasteiger partial charge in [0.2, 0.25) is 11.8 Å². The fourth-order valence-corrected chi connectivity index (χ4v) is 2.56. The minimum atomic E-state index is -0.0783. The number of rotatable bonds is 6. The van der Waals surface area contributed by atoms with Gasteiger partial charge in [-0.15, -0.1) is 0 Å². The first-order valence-electron chi connectivity index (χ1n) is 7.95. The van der Waals surface area contributed by atoms with Crippen LogP contribution in [0, 0.1) is 0 Å². The number of nitrogens with zero attached hydrogens (tertiary/aromatic N) is 2. The molecule has 0 fully saturated rings. The number of hydrogen-bond donors (Lipinski definition) is 2. The van der Waals surface area contributed by atoms with Gasteiger partial charge in [-0.1, -0.05) is 0 Å². The van der Waals surface area contributed by atoms with E-state index in [9.17, 15) is 9.59 Å². The standard InChI is InChI=1S/C17H20N4O3/c1-21-9-8-15(20-21)19-16(22)3-2-10-24-13-5-6-14-12(11-13)4-7-17(23)18-14/h5-6,8-9,11H,2-4,7,10H2,1H3,(H,18,23)(H,19,20,22). The summed E-state index contributed by atoms with van der Waals surface area (Å²) in [4.78, 5) is 23.1. The minimum absolute atomic E-state index is 0.0510. The smallest absolute Gasteiger partial charge is 0.225 e. The van der Waals surface area contributed by atoms with Gasteiger partial charge in [0.1, 0.15) is 5.75 Å². The Morgan fingerprint density at radius 3 is 3.04 bits per heavy atom. The highest BCUT2D eigenvalue weighted by atomic mass is 16.5. The molecule has 126 valence electrons. The van der Waals surface area contributed by atoms with Gasteiger partial charge in [-0.3, -0.25) is 14.3 Å². The Hall–Kier alpha value is -2.83. The van der Waals surface area contributed by atoms with E-state index in [-0.39, 0.29) is 11.8 Å². The molecule has 0 bridgehead atoms. The van der Waals surface area contributed by atoms with Crippen LogP contribution in [0.15, 0.2) is 30.5 Å². The van der Waals surface area contributed by atoms with Crippen LogP contribution < -0.4 is 15.4 Å². The minimum Gasteiger partial charge on any atom is -0.494 e. The third-order valence-electron chi connectivity index (χ3n) is 3.77. The van der Waals surface area contributed by atoms with E-state index in [1.807, 2.05) is 18.2 Å². The average Bonchev–Trinajstić information content (AvgIpc) is 2.96. The van der Waals surface area contributed by atoms with Crippen LogP contribution in [0.1, 0.15) is 24.8 Å².